The lowest BCUT2D eigenvalue weighted by Crippen LogP contribution is -2.40. The third kappa shape index (κ3) is 2.82. The number of benzene rings is 1. The summed E-state index contributed by atoms with van der Waals surface area (Å²) >= 11 is -1.07. The summed E-state index contributed by atoms with van der Waals surface area (Å²) in [7, 11) is 0. The van der Waals surface area contributed by atoms with Gasteiger partial charge in [-0.05, 0) is 33.3 Å². The minimum absolute atomic E-state index is 0.0260. The fraction of sp³-hybridized carbons (Fsp3) is 0.571. The molecule has 1 aromatic rings. The van der Waals surface area contributed by atoms with Gasteiger partial charge in [-0.25, -0.2) is 0 Å². The quantitative estimate of drug-likeness (QED) is 0.856. The van der Waals surface area contributed by atoms with E-state index >= 15 is 0 Å². The monoisotopic (exact) mass is 267 g/mol. The molecule has 1 N–H and O–H groups in total. The van der Waals surface area contributed by atoms with Crippen LogP contribution < -0.4 is 9.46 Å². The molecule has 1 aliphatic rings. The summed E-state index contributed by atoms with van der Waals surface area (Å²) in [6.45, 7) is 8.68. The first-order chi connectivity index (χ1) is 8.39. The van der Waals surface area contributed by atoms with Gasteiger partial charge in [-0.15, -0.1) is 4.72 Å². The summed E-state index contributed by atoms with van der Waals surface area (Å²) in [4.78, 5) is 0. The van der Waals surface area contributed by atoms with E-state index in [0.29, 0.717) is 0 Å². The van der Waals surface area contributed by atoms with Gasteiger partial charge in [0.05, 0.1) is 12.6 Å². The van der Waals surface area contributed by atoms with E-state index in [1.807, 2.05) is 39.8 Å². The maximum absolute atomic E-state index is 12.1. The molecule has 0 aromatic heterocycles. The Hall–Kier alpha value is -0.710. The lowest BCUT2D eigenvalue weighted by atomic mass is 10.0. The van der Waals surface area contributed by atoms with E-state index in [2.05, 4.69) is 10.8 Å². The van der Waals surface area contributed by atoms with E-state index in [1.54, 1.807) is 0 Å². The second kappa shape index (κ2) is 5.11. The van der Waals surface area contributed by atoms with Crippen LogP contribution in [0.3, 0.4) is 0 Å². The highest BCUT2D eigenvalue weighted by molar-refractivity contribution is 7.90. The topological polar surface area (TPSA) is 44.3 Å². The molecular weight excluding hydrogens is 246 g/mol. The van der Waals surface area contributed by atoms with Crippen LogP contribution in [0, 0.1) is 0 Å². The van der Waals surface area contributed by atoms with Crippen LogP contribution in [0.5, 0.6) is 5.75 Å². The molecule has 1 aliphatic heterocycles. The molecule has 0 unspecified atom stereocenters. The van der Waals surface area contributed by atoms with Crippen LogP contribution in [-0.4, -0.2) is 15.9 Å². The first-order valence-electron chi connectivity index (χ1n) is 6.32. The molecule has 0 spiro atoms. The minimum Gasteiger partial charge on any atom is -0.598 e. The summed E-state index contributed by atoms with van der Waals surface area (Å²) in [5, 5.41) is 0. The summed E-state index contributed by atoms with van der Waals surface area (Å²) in [5.41, 5.74) is 2.35. The Bertz CT molecular complexity index is 428. The molecule has 100 valence electrons. The van der Waals surface area contributed by atoms with Crippen LogP contribution in [-0.2, 0) is 17.8 Å². The molecule has 3 nitrogen and oxygen atoms in total. The molecule has 0 bridgehead atoms. The minimum atomic E-state index is -1.07. The number of rotatable bonds is 3. The first kappa shape index (κ1) is 13.7. The normalized spacial score (nSPS) is 18.1. The van der Waals surface area contributed by atoms with Crippen molar-refractivity contribution in [3.05, 3.63) is 29.3 Å². The van der Waals surface area contributed by atoms with Crippen molar-refractivity contribution in [1.82, 2.24) is 4.72 Å². The standard InChI is InChI=1S/C14H21NO2S/c1-10(15-18(16)14(2,3)4)12-7-5-6-11-8-9-17-13(11)12/h5-7,10,15H,8-9H2,1-4H3/t10-,18+/m0/s1. The molecule has 2 rings (SSSR count). The van der Waals surface area contributed by atoms with Crippen molar-refractivity contribution in [2.24, 2.45) is 0 Å². The van der Waals surface area contributed by atoms with E-state index in [-0.39, 0.29) is 10.8 Å². The molecule has 18 heavy (non-hydrogen) atoms. The summed E-state index contributed by atoms with van der Waals surface area (Å²) in [5.74, 6) is 0.975. The van der Waals surface area contributed by atoms with Crippen LogP contribution in [0.1, 0.15) is 44.9 Å². The molecule has 4 heteroatoms. The zero-order chi connectivity index (χ0) is 13.3. The van der Waals surface area contributed by atoms with Gasteiger partial charge < -0.3 is 9.29 Å². The van der Waals surface area contributed by atoms with Crippen molar-refractivity contribution in [2.75, 3.05) is 6.61 Å². The molecular formula is C14H21NO2S. The van der Waals surface area contributed by atoms with Gasteiger partial charge in [0.2, 0.25) is 0 Å². The van der Waals surface area contributed by atoms with Gasteiger partial charge in [0.15, 0.2) is 0 Å². The van der Waals surface area contributed by atoms with Crippen LogP contribution >= 0.6 is 0 Å². The van der Waals surface area contributed by atoms with Gasteiger partial charge in [0.25, 0.3) is 0 Å². The van der Waals surface area contributed by atoms with Crippen molar-refractivity contribution in [3.8, 4) is 5.75 Å². The van der Waals surface area contributed by atoms with Crippen LogP contribution in [0.2, 0.25) is 0 Å². The van der Waals surface area contributed by atoms with Gasteiger partial charge >= 0.3 is 0 Å². The molecule has 0 saturated heterocycles. The summed E-state index contributed by atoms with van der Waals surface area (Å²) < 4.78 is 20.7. The Morgan fingerprint density at radius 3 is 2.78 bits per heavy atom. The molecule has 0 radical (unpaired) electrons. The average Bonchev–Trinajstić information content (AvgIpc) is 2.74. The Kier molecular flexibility index (Phi) is 3.90. The first-order valence-corrected chi connectivity index (χ1v) is 7.47. The highest BCUT2D eigenvalue weighted by Crippen LogP contribution is 2.34. The number of nitrogens with one attached hydrogen (secondary N) is 1. The third-order valence-corrected chi connectivity index (χ3v) is 4.73. The van der Waals surface area contributed by atoms with Crippen molar-refractivity contribution in [1.29, 1.82) is 0 Å². The van der Waals surface area contributed by atoms with Gasteiger partial charge in [-0.2, -0.15) is 0 Å². The van der Waals surface area contributed by atoms with E-state index in [4.69, 9.17) is 4.74 Å². The fourth-order valence-electron chi connectivity index (χ4n) is 1.98. The molecule has 1 heterocycles. The lowest BCUT2D eigenvalue weighted by molar-refractivity contribution is 0.351. The van der Waals surface area contributed by atoms with Crippen molar-refractivity contribution >= 4 is 11.4 Å². The van der Waals surface area contributed by atoms with Gasteiger partial charge in [-0.3, -0.25) is 0 Å². The predicted molar refractivity (Wildman–Crippen MR) is 75.1 cm³/mol. The van der Waals surface area contributed by atoms with Gasteiger partial charge in [0, 0.05) is 23.3 Å². The largest absolute Gasteiger partial charge is 0.598 e. The molecule has 2 atom stereocenters. The number of ether oxygens (including phenoxy) is 1. The number of para-hydroxylation sites is 1. The van der Waals surface area contributed by atoms with E-state index in [1.165, 1.54) is 5.56 Å². The molecule has 0 saturated carbocycles. The SMILES string of the molecule is C[C@H](N[S@+]([O-])C(C)(C)C)c1cccc2c1OCC2. The Morgan fingerprint density at radius 1 is 1.39 bits per heavy atom. The number of hydrogen-bond acceptors (Lipinski definition) is 3. The Morgan fingerprint density at radius 2 is 2.11 bits per heavy atom. The van der Waals surface area contributed by atoms with Crippen LogP contribution in [0.4, 0.5) is 0 Å². The zero-order valence-electron chi connectivity index (χ0n) is 11.4. The van der Waals surface area contributed by atoms with Crippen molar-refractivity contribution in [2.45, 2.75) is 44.9 Å². The molecule has 0 amide bonds. The van der Waals surface area contributed by atoms with Gasteiger partial charge in [-0.1, -0.05) is 18.2 Å². The second-order valence-electron chi connectivity index (χ2n) is 5.65. The maximum atomic E-state index is 12.1. The van der Waals surface area contributed by atoms with E-state index in [9.17, 15) is 4.55 Å². The third-order valence-electron chi connectivity index (χ3n) is 3.05. The Labute approximate surface area is 112 Å². The number of fused-ring (bicyclic) bond motifs is 1. The average molecular weight is 267 g/mol. The van der Waals surface area contributed by atoms with Crippen molar-refractivity contribution < 1.29 is 9.29 Å². The smallest absolute Gasteiger partial charge is 0.136 e. The summed E-state index contributed by atoms with van der Waals surface area (Å²) in [6, 6.07) is 6.21. The fourth-order valence-corrected chi connectivity index (χ4v) is 2.78. The predicted octanol–water partition coefficient (Wildman–Crippen LogP) is 2.73. The highest BCUT2D eigenvalue weighted by Gasteiger charge is 2.30. The molecule has 1 aromatic carbocycles. The van der Waals surface area contributed by atoms with Gasteiger partial charge in [0.1, 0.15) is 10.5 Å². The van der Waals surface area contributed by atoms with E-state index in [0.717, 1.165) is 24.3 Å². The molecule has 0 fully saturated rings. The highest BCUT2D eigenvalue weighted by atomic mass is 32.2. The van der Waals surface area contributed by atoms with Crippen molar-refractivity contribution in [3.63, 3.8) is 0 Å². The van der Waals surface area contributed by atoms with E-state index < -0.39 is 11.4 Å². The number of hydrogen-bond donors (Lipinski definition) is 1. The summed E-state index contributed by atoms with van der Waals surface area (Å²) in [6.07, 6.45) is 0.970. The van der Waals surface area contributed by atoms with Crippen LogP contribution in [0.25, 0.3) is 0 Å². The lowest BCUT2D eigenvalue weighted by Gasteiger charge is -2.27. The Balaban J connectivity index is 2.15. The zero-order valence-corrected chi connectivity index (χ0v) is 12.3. The second-order valence-corrected chi connectivity index (χ2v) is 7.65. The maximum Gasteiger partial charge on any atom is 0.136 e. The van der Waals surface area contributed by atoms with Crippen LogP contribution in [0.15, 0.2) is 18.2 Å². The molecule has 0 aliphatic carbocycles.